The highest BCUT2D eigenvalue weighted by atomic mass is 32.2. The quantitative estimate of drug-likeness (QED) is 0.124. The fourth-order valence-electron chi connectivity index (χ4n) is 4.20. The van der Waals surface area contributed by atoms with Crippen LogP contribution in [0.1, 0.15) is 50.3 Å². The third kappa shape index (κ3) is 8.25. The van der Waals surface area contributed by atoms with E-state index in [0.29, 0.717) is 0 Å². The van der Waals surface area contributed by atoms with Crippen molar-refractivity contribution in [2.75, 3.05) is 12.9 Å². The Balaban J connectivity index is 1.82. The molecule has 1 N–H and O–H groups in total. The van der Waals surface area contributed by atoms with E-state index in [1.807, 2.05) is 42.1 Å². The second kappa shape index (κ2) is 13.9. The van der Waals surface area contributed by atoms with Gasteiger partial charge in [0.15, 0.2) is 0 Å². The first-order chi connectivity index (χ1) is 18.2. The van der Waals surface area contributed by atoms with E-state index in [9.17, 15) is 9.59 Å². The van der Waals surface area contributed by atoms with Crippen LogP contribution < -0.4 is 5.32 Å². The van der Waals surface area contributed by atoms with Crippen LogP contribution in [-0.2, 0) is 19.0 Å². The van der Waals surface area contributed by atoms with E-state index in [0.717, 1.165) is 12.2 Å². The zero-order valence-corrected chi connectivity index (χ0v) is 23.4. The number of rotatable bonds is 11. The number of hydrogen-bond acceptors (Lipinski definition) is 5. The minimum atomic E-state index is -0.629. The lowest BCUT2D eigenvalue weighted by Gasteiger charge is -2.35. The van der Waals surface area contributed by atoms with Gasteiger partial charge < -0.3 is 14.8 Å². The average molecular weight is 532 g/mol. The summed E-state index contributed by atoms with van der Waals surface area (Å²) in [6.45, 7) is 5.40. The van der Waals surface area contributed by atoms with Crippen LogP contribution in [0.4, 0.5) is 4.79 Å². The van der Waals surface area contributed by atoms with Crippen LogP contribution in [0.5, 0.6) is 0 Å². The Kier molecular flexibility index (Phi) is 10.6. The first-order valence-corrected chi connectivity index (χ1v) is 13.8. The van der Waals surface area contributed by atoms with Gasteiger partial charge in [-0.25, -0.2) is 4.79 Å². The van der Waals surface area contributed by atoms with Crippen molar-refractivity contribution in [1.29, 1.82) is 0 Å². The van der Waals surface area contributed by atoms with Gasteiger partial charge in [-0.05, 0) is 49.6 Å². The summed E-state index contributed by atoms with van der Waals surface area (Å²) in [6.07, 6.45) is 4.05. The van der Waals surface area contributed by atoms with Crippen LogP contribution in [0.3, 0.4) is 0 Å². The van der Waals surface area contributed by atoms with Crippen molar-refractivity contribution in [3.05, 3.63) is 120 Å². The molecular weight excluding hydrogens is 494 g/mol. The number of ether oxygens (including phenoxy) is 2. The predicted octanol–water partition coefficient (Wildman–Crippen LogP) is 7.11. The Morgan fingerprint density at radius 1 is 0.842 bits per heavy atom. The number of carbonyl (C=O) groups is 2. The molecule has 0 spiro atoms. The zero-order chi connectivity index (χ0) is 27.4. The largest absolute Gasteiger partial charge is 0.469 e. The van der Waals surface area contributed by atoms with Gasteiger partial charge in [0.25, 0.3) is 0 Å². The molecule has 0 aromatic heterocycles. The maximum absolute atomic E-state index is 12.3. The number of nitrogens with one attached hydrogen (secondary N) is 1. The number of carbonyl (C=O) groups excluding carboxylic acids is 2. The minimum absolute atomic E-state index is 0.0291. The normalized spacial score (nSPS) is 12.6. The van der Waals surface area contributed by atoms with Gasteiger partial charge in [0.1, 0.15) is 5.60 Å². The van der Waals surface area contributed by atoms with E-state index < -0.39 is 28.5 Å². The lowest BCUT2D eigenvalue weighted by Crippen LogP contribution is -2.39. The van der Waals surface area contributed by atoms with Crippen molar-refractivity contribution in [3.8, 4) is 0 Å². The summed E-state index contributed by atoms with van der Waals surface area (Å²) in [5.74, 6) is 0.411. The molecule has 0 saturated carbocycles. The van der Waals surface area contributed by atoms with Crippen molar-refractivity contribution < 1.29 is 19.1 Å². The predicted molar refractivity (Wildman–Crippen MR) is 155 cm³/mol. The van der Waals surface area contributed by atoms with E-state index in [-0.39, 0.29) is 6.42 Å². The first-order valence-electron chi connectivity index (χ1n) is 12.8. The van der Waals surface area contributed by atoms with Gasteiger partial charge >= 0.3 is 12.1 Å². The Hall–Kier alpha value is -3.51. The van der Waals surface area contributed by atoms with Crippen LogP contribution in [0.2, 0.25) is 0 Å². The molecule has 0 aliphatic rings. The van der Waals surface area contributed by atoms with E-state index in [4.69, 9.17) is 9.47 Å². The van der Waals surface area contributed by atoms with Gasteiger partial charge in [-0.15, -0.1) is 11.8 Å². The highest BCUT2D eigenvalue weighted by Crippen LogP contribution is 2.48. The van der Waals surface area contributed by atoms with Crippen LogP contribution in [0.15, 0.2) is 103 Å². The summed E-state index contributed by atoms with van der Waals surface area (Å²) in [7, 11) is 1.34. The molecule has 0 fully saturated rings. The van der Waals surface area contributed by atoms with Crippen LogP contribution >= 0.6 is 11.8 Å². The lowest BCUT2D eigenvalue weighted by atomic mass is 9.84. The first kappa shape index (κ1) is 29.1. The molecule has 38 heavy (non-hydrogen) atoms. The maximum Gasteiger partial charge on any atom is 0.408 e. The molecule has 0 aliphatic carbocycles. The van der Waals surface area contributed by atoms with Crippen molar-refractivity contribution in [1.82, 2.24) is 5.32 Å². The molecule has 0 radical (unpaired) electrons. The molecular formula is C32H37NO4S. The molecule has 1 amide bonds. The van der Waals surface area contributed by atoms with E-state index in [1.165, 1.54) is 23.8 Å². The van der Waals surface area contributed by atoms with Crippen LogP contribution in [0.25, 0.3) is 0 Å². The molecule has 3 aromatic rings. The number of methoxy groups -OCH3 is 1. The second-order valence-corrected chi connectivity index (χ2v) is 11.2. The summed E-state index contributed by atoms with van der Waals surface area (Å²) in [5.41, 5.74) is 3.00. The van der Waals surface area contributed by atoms with Crippen LogP contribution in [-0.4, -0.2) is 36.6 Å². The van der Waals surface area contributed by atoms with Gasteiger partial charge in [0.2, 0.25) is 0 Å². The molecule has 5 nitrogen and oxygen atoms in total. The summed E-state index contributed by atoms with van der Waals surface area (Å²) < 4.78 is 9.78. The van der Waals surface area contributed by atoms with Gasteiger partial charge in [-0.1, -0.05) is 103 Å². The van der Waals surface area contributed by atoms with Gasteiger partial charge in [-0.2, -0.15) is 0 Å². The summed E-state index contributed by atoms with van der Waals surface area (Å²) in [4.78, 5) is 24.2. The molecule has 1 atom stereocenters. The SMILES string of the molecule is COC(=O)C[C@H](/C=C/CCSC(c1ccccc1)(c1ccccc1)c1ccccc1)NC(=O)OC(C)(C)C. The fourth-order valence-corrected chi connectivity index (χ4v) is 5.67. The third-order valence-electron chi connectivity index (χ3n) is 5.83. The van der Waals surface area contributed by atoms with Gasteiger partial charge in [0.05, 0.1) is 24.3 Å². The molecule has 6 heteroatoms. The Morgan fingerprint density at radius 3 is 1.74 bits per heavy atom. The summed E-state index contributed by atoms with van der Waals surface area (Å²) in [5, 5.41) is 2.77. The third-order valence-corrected chi connectivity index (χ3v) is 7.41. The van der Waals surface area contributed by atoms with Gasteiger partial charge in [-0.3, -0.25) is 4.79 Å². The number of alkyl carbamates (subject to hydrolysis) is 1. The molecule has 0 unspecified atom stereocenters. The Morgan fingerprint density at radius 2 is 1.32 bits per heavy atom. The highest BCUT2D eigenvalue weighted by Gasteiger charge is 2.36. The number of amides is 1. The molecule has 0 heterocycles. The number of benzene rings is 3. The van der Waals surface area contributed by atoms with E-state index >= 15 is 0 Å². The topological polar surface area (TPSA) is 64.6 Å². The number of allylic oxidation sites excluding steroid dienone is 1. The fraction of sp³-hybridized carbons (Fsp3) is 0.312. The standard InChI is InChI=1S/C32H37NO4S/c1-31(2,3)37-30(35)33-28(24-29(34)36-4)22-14-15-23-38-32(25-16-8-5-9-17-25,26-18-10-6-11-19-26)27-20-12-7-13-21-27/h5-14,16-22,28H,15,23-24H2,1-4H3,(H,33,35)/b22-14+/t28-/m0/s1. The monoisotopic (exact) mass is 531 g/mol. The Labute approximate surface area is 230 Å². The molecule has 0 saturated heterocycles. The zero-order valence-electron chi connectivity index (χ0n) is 22.6. The highest BCUT2D eigenvalue weighted by molar-refractivity contribution is 8.00. The number of esters is 1. The average Bonchev–Trinajstić information content (AvgIpc) is 2.91. The van der Waals surface area contributed by atoms with Crippen molar-refractivity contribution >= 4 is 23.8 Å². The van der Waals surface area contributed by atoms with Crippen LogP contribution in [0, 0.1) is 0 Å². The summed E-state index contributed by atoms with van der Waals surface area (Å²) >= 11 is 1.87. The molecule has 0 aliphatic heterocycles. The smallest absolute Gasteiger partial charge is 0.408 e. The van der Waals surface area contributed by atoms with Crippen molar-refractivity contribution in [3.63, 3.8) is 0 Å². The lowest BCUT2D eigenvalue weighted by molar-refractivity contribution is -0.140. The molecule has 3 rings (SSSR count). The minimum Gasteiger partial charge on any atom is -0.469 e. The van der Waals surface area contributed by atoms with Gasteiger partial charge in [0, 0.05) is 0 Å². The molecule has 0 bridgehead atoms. The molecule has 3 aromatic carbocycles. The Bertz CT molecular complexity index is 1080. The number of hydrogen-bond donors (Lipinski definition) is 1. The van der Waals surface area contributed by atoms with Crippen molar-refractivity contribution in [2.24, 2.45) is 0 Å². The summed E-state index contributed by atoms with van der Waals surface area (Å²) in [6, 6.07) is 31.2. The molecule has 200 valence electrons. The number of thioether (sulfide) groups is 1. The van der Waals surface area contributed by atoms with E-state index in [1.54, 1.807) is 20.8 Å². The maximum atomic E-state index is 12.3. The van der Waals surface area contributed by atoms with Crippen molar-refractivity contribution in [2.45, 2.75) is 50.0 Å². The van der Waals surface area contributed by atoms with E-state index in [2.05, 4.69) is 78.1 Å². The second-order valence-electron chi connectivity index (χ2n) is 9.88.